The minimum atomic E-state index is -5.81. The number of hydrogen-bond donors (Lipinski definition) is 18. The zero-order chi connectivity index (χ0) is 55.9. The average Bonchev–Trinajstić information content (AvgIpc) is 3.27. The number of carbonyl (C=O) groups is 2. The minimum Gasteiger partial charge on any atom is -0.479 e. The van der Waals surface area contributed by atoms with Crippen molar-refractivity contribution < 1.29 is 173 Å². The molecule has 25 atom stereocenters. The summed E-state index contributed by atoms with van der Waals surface area (Å²) in [7, 11) is -22.3. The molecule has 40 nitrogen and oxygen atoms in total. The molecule has 0 saturated carbocycles. The van der Waals surface area contributed by atoms with Crippen LogP contribution < -0.4 is 16.2 Å². The Labute approximate surface area is 414 Å². The van der Waals surface area contributed by atoms with Gasteiger partial charge in [0, 0.05) is 0 Å². The van der Waals surface area contributed by atoms with Crippen LogP contribution in [0.25, 0.3) is 0 Å². The molecule has 5 rings (SSSR count). The second-order valence-electron chi connectivity index (χ2n) is 16.4. The highest BCUT2D eigenvalue weighted by Crippen LogP contribution is 2.37. The molecular formula is C30H51N3O37S4. The van der Waals surface area contributed by atoms with Gasteiger partial charge in [0.2, 0.25) is 0 Å². The van der Waals surface area contributed by atoms with E-state index in [1.807, 2.05) is 0 Å². The molecule has 5 heterocycles. The third kappa shape index (κ3) is 15.2. The van der Waals surface area contributed by atoms with Crippen LogP contribution in [0.3, 0.4) is 0 Å². The molecule has 5 saturated heterocycles. The number of carboxylic acids is 2. The number of carboxylic acid groups (broad SMARTS) is 2. The Morgan fingerprint density at radius 1 is 0.473 bits per heavy atom. The van der Waals surface area contributed by atoms with Crippen LogP contribution >= 0.6 is 0 Å². The van der Waals surface area contributed by atoms with Crippen molar-refractivity contribution in [3.63, 3.8) is 0 Å². The standard InChI is InChI=1S/C30H51N3O37S4/c31-7-11(37)16(4(1-34)60-26(7)46)63-30-21(70-74(56,57)58)15(41)20(23(68-30)25(44)45)65-27-8(32)18(69-73(53,54)55)17(5(2-35)61-27)64-29-14(40)13(39)19(22(67-29)24(42)43)66-28-9(33-71(47,48)49)12(38)10(36)6(62-28)3-59-72(50,51)52/h4-23,26-30,33-41,46H,1-3,31-32H2,(H,42,43)(H,44,45)(H,47,48,49)(H,50,51,52)(H,53,54,55)(H,56,57,58)/t4-,5-,6-,7-,8-,9-,10-,11-,12-,13-,14-,15+,16-,17-,18-,19+,20+,21-,22+,23-,26+,27-,28-,29-,30-/m1/s1. The third-order valence-corrected chi connectivity index (χ3v) is 13.3. The van der Waals surface area contributed by atoms with Crippen molar-refractivity contribution in [3.8, 4) is 0 Å². The number of hydrogen-bond acceptors (Lipinski definition) is 33. The summed E-state index contributed by atoms with van der Waals surface area (Å²) in [5, 5.41) is 116. The molecule has 0 aromatic rings. The lowest BCUT2D eigenvalue weighted by molar-refractivity contribution is -0.372. The van der Waals surface area contributed by atoms with Crippen LogP contribution in [-0.2, 0) is 106 Å². The molecule has 0 amide bonds. The summed E-state index contributed by atoms with van der Waals surface area (Å²) in [6, 6.07) is -6.50. The van der Waals surface area contributed by atoms with Crippen molar-refractivity contribution in [2.75, 3.05) is 19.8 Å². The maximum absolute atomic E-state index is 12.6. The predicted octanol–water partition coefficient (Wildman–Crippen LogP) is -12.9. The molecule has 5 aliphatic rings. The maximum Gasteiger partial charge on any atom is 0.397 e. The van der Waals surface area contributed by atoms with Crippen LogP contribution in [-0.4, -0.2) is 293 Å². The Kier molecular flexibility index (Phi) is 20.5. The van der Waals surface area contributed by atoms with Crippen molar-refractivity contribution in [1.82, 2.24) is 4.72 Å². The lowest BCUT2D eigenvalue weighted by atomic mass is 9.94. The quantitative estimate of drug-likeness (QED) is 0.0475. The Hall–Kier alpha value is -2.38. The van der Waals surface area contributed by atoms with Gasteiger partial charge in [-0.1, -0.05) is 0 Å². The number of ether oxygens (including phenoxy) is 9. The van der Waals surface area contributed by atoms with Gasteiger partial charge in [0.25, 0.3) is 0 Å². The zero-order valence-electron chi connectivity index (χ0n) is 36.5. The monoisotopic (exact) mass is 1170 g/mol. The lowest BCUT2D eigenvalue weighted by Crippen LogP contribution is -2.70. The molecule has 74 heavy (non-hydrogen) atoms. The van der Waals surface area contributed by atoms with E-state index in [1.54, 1.807) is 0 Å². The number of aliphatic hydroxyl groups is 9. The molecule has 0 aromatic heterocycles. The molecule has 0 aromatic carbocycles. The summed E-state index contributed by atoms with van der Waals surface area (Å²) in [6.07, 6.45) is -53.4. The summed E-state index contributed by atoms with van der Waals surface area (Å²) < 4.78 is 195. The van der Waals surface area contributed by atoms with E-state index in [9.17, 15) is 113 Å². The SMILES string of the molecule is N[C@@H]1[C@@H](O)[C@H](O[C@@H]2O[C@@H](C(=O)O)[C@@H](O[C@H]3O[C@H](CO)[C@@H](O[C@@H]4O[C@H](C(=O)O)[C@@H](O[C@H]5O[C@H](COS(=O)(=O)O)[C@@H](O)[C@H](O)[C@H]5NS(=O)(=O)O)[C@H](O)[C@H]4O)[C@H](OS(=O)(=O)O)[C@H]3N)[C@H](O)[C@H]2OS(=O)(=O)O)[C@@H](CO)O[C@@H]1O. The van der Waals surface area contributed by atoms with Gasteiger partial charge in [-0.3, -0.25) is 18.2 Å². The van der Waals surface area contributed by atoms with Crippen LogP contribution in [0.2, 0.25) is 0 Å². The van der Waals surface area contributed by atoms with Gasteiger partial charge in [-0.25, -0.2) is 22.1 Å². The van der Waals surface area contributed by atoms with E-state index in [2.05, 4.69) is 12.5 Å². The molecule has 5 aliphatic heterocycles. The first kappa shape index (κ1) is 62.5. The number of rotatable bonds is 21. The minimum absolute atomic E-state index is 1.07. The molecular weight excluding hydrogens is 1120 g/mol. The van der Waals surface area contributed by atoms with Gasteiger partial charge >= 0.3 is 53.4 Å². The molecule has 0 bridgehead atoms. The van der Waals surface area contributed by atoms with E-state index in [1.165, 1.54) is 4.72 Å². The van der Waals surface area contributed by atoms with Crippen LogP contribution in [0.5, 0.6) is 0 Å². The van der Waals surface area contributed by atoms with Gasteiger partial charge in [0.05, 0.1) is 31.9 Å². The molecule has 5 fully saturated rings. The molecule has 44 heteroatoms. The Balaban J connectivity index is 1.42. The van der Waals surface area contributed by atoms with Crippen LogP contribution in [0, 0.1) is 0 Å². The van der Waals surface area contributed by atoms with Crippen molar-refractivity contribution in [1.29, 1.82) is 0 Å². The first-order valence-corrected chi connectivity index (χ1v) is 26.0. The van der Waals surface area contributed by atoms with E-state index in [0.717, 1.165) is 0 Å². The second-order valence-corrected chi connectivity index (χ2v) is 20.7. The van der Waals surface area contributed by atoms with Gasteiger partial charge in [0.15, 0.2) is 49.8 Å². The fourth-order valence-corrected chi connectivity index (χ4v) is 9.88. The average molecular weight is 1170 g/mol. The molecule has 20 N–H and O–H groups in total. The van der Waals surface area contributed by atoms with E-state index in [0.29, 0.717) is 0 Å². The predicted molar refractivity (Wildman–Crippen MR) is 215 cm³/mol. The molecule has 0 unspecified atom stereocenters. The summed E-state index contributed by atoms with van der Waals surface area (Å²) in [4.78, 5) is 25.2. The molecule has 0 spiro atoms. The number of aliphatic carboxylic acids is 2. The number of nitrogens with two attached hydrogens (primary N) is 2. The normalized spacial score (nSPS) is 43.9. The smallest absolute Gasteiger partial charge is 0.397 e. The van der Waals surface area contributed by atoms with E-state index in [4.69, 9.17) is 58.7 Å². The number of aliphatic hydroxyl groups excluding tert-OH is 9. The topological polar surface area (TPSA) is 649 Å². The first-order valence-electron chi connectivity index (χ1n) is 20.5. The summed E-state index contributed by atoms with van der Waals surface area (Å²) in [5.74, 6) is -4.29. The Morgan fingerprint density at radius 3 is 1.46 bits per heavy atom. The summed E-state index contributed by atoms with van der Waals surface area (Å²) >= 11 is 0. The van der Waals surface area contributed by atoms with Gasteiger partial charge in [0.1, 0.15) is 91.5 Å². The highest BCUT2D eigenvalue weighted by atomic mass is 32.3. The molecule has 0 radical (unpaired) electrons. The summed E-state index contributed by atoms with van der Waals surface area (Å²) in [5.41, 5.74) is 11.8. The van der Waals surface area contributed by atoms with Gasteiger partial charge in [-0.2, -0.15) is 38.4 Å². The second kappa shape index (κ2) is 24.3. The van der Waals surface area contributed by atoms with Crippen LogP contribution in [0.4, 0.5) is 0 Å². The van der Waals surface area contributed by atoms with Gasteiger partial charge < -0.3 is 110 Å². The molecule has 432 valence electrons. The fraction of sp³-hybridized carbons (Fsp3) is 0.933. The number of nitrogens with one attached hydrogen (secondary N) is 1. The van der Waals surface area contributed by atoms with E-state index < -0.39 is 227 Å². The first-order chi connectivity index (χ1) is 34.0. The Morgan fingerprint density at radius 2 is 0.946 bits per heavy atom. The van der Waals surface area contributed by atoms with E-state index >= 15 is 0 Å². The van der Waals surface area contributed by atoms with Crippen molar-refractivity contribution >= 4 is 53.4 Å². The maximum atomic E-state index is 12.6. The Bertz CT molecular complexity index is 2390. The lowest BCUT2D eigenvalue weighted by Gasteiger charge is -2.49. The van der Waals surface area contributed by atoms with Crippen molar-refractivity contribution in [2.45, 2.75) is 153 Å². The third-order valence-electron chi connectivity index (χ3n) is 11.3. The van der Waals surface area contributed by atoms with Crippen LogP contribution in [0.15, 0.2) is 0 Å². The van der Waals surface area contributed by atoms with Gasteiger partial charge in [-0.05, 0) is 0 Å². The van der Waals surface area contributed by atoms with Crippen LogP contribution in [0.1, 0.15) is 0 Å². The molecule has 0 aliphatic carbocycles. The zero-order valence-corrected chi connectivity index (χ0v) is 39.8. The fourth-order valence-electron chi connectivity index (χ4n) is 7.97. The highest BCUT2D eigenvalue weighted by molar-refractivity contribution is 7.83. The van der Waals surface area contributed by atoms with Gasteiger partial charge in [-0.15, -0.1) is 0 Å². The largest absolute Gasteiger partial charge is 0.479 e. The highest BCUT2D eigenvalue weighted by Gasteiger charge is 2.60. The van der Waals surface area contributed by atoms with Crippen molar-refractivity contribution in [2.24, 2.45) is 11.5 Å². The van der Waals surface area contributed by atoms with Crippen molar-refractivity contribution in [3.05, 3.63) is 0 Å². The van der Waals surface area contributed by atoms with E-state index in [-0.39, 0.29) is 0 Å². The summed E-state index contributed by atoms with van der Waals surface area (Å²) in [6.45, 7) is -3.88.